The van der Waals surface area contributed by atoms with Gasteiger partial charge in [0, 0.05) is 25.7 Å². The lowest BCUT2D eigenvalue weighted by atomic mass is 10.1. The molecule has 0 atom stereocenters. The summed E-state index contributed by atoms with van der Waals surface area (Å²) in [7, 11) is 1.64. The van der Waals surface area contributed by atoms with Crippen LogP contribution < -0.4 is 5.56 Å². The highest BCUT2D eigenvalue weighted by Gasteiger charge is 2.14. The van der Waals surface area contributed by atoms with Crippen molar-refractivity contribution in [1.82, 2.24) is 14.5 Å². The number of hydrogen-bond acceptors (Lipinski definition) is 3. The molecular formula is C20H18FN3O2S. The van der Waals surface area contributed by atoms with Gasteiger partial charge in [-0.1, -0.05) is 18.2 Å². The fourth-order valence-corrected chi connectivity index (χ4v) is 3.15. The maximum atomic E-state index is 13.3. The fraction of sp³-hybridized carbons (Fsp3) is 0.150. The number of fused-ring (bicyclic) bond motifs is 1. The van der Waals surface area contributed by atoms with Gasteiger partial charge in [-0.15, -0.1) is 6.58 Å². The lowest BCUT2D eigenvalue weighted by Crippen LogP contribution is -2.26. The molecule has 1 N–H and O–H groups in total. The summed E-state index contributed by atoms with van der Waals surface area (Å²) in [5.41, 5.74) is 1.36. The summed E-state index contributed by atoms with van der Waals surface area (Å²) in [5, 5.41) is 0.440. The summed E-state index contributed by atoms with van der Waals surface area (Å²) in [5.74, 6) is -0.585. The lowest BCUT2D eigenvalue weighted by Gasteiger charge is -2.18. The largest absolute Gasteiger partial charge is 0.337 e. The molecule has 27 heavy (non-hydrogen) atoms. The number of H-pyrrole nitrogens is 1. The first-order valence-corrected chi connectivity index (χ1v) is 8.69. The molecule has 2 aromatic carbocycles. The molecule has 0 aliphatic heterocycles. The molecule has 0 unspecified atom stereocenters. The quantitative estimate of drug-likeness (QED) is 0.540. The molecule has 1 aromatic heterocycles. The Hall–Kier alpha value is -3.06. The Bertz CT molecular complexity index is 1150. The van der Waals surface area contributed by atoms with E-state index in [2.05, 4.69) is 11.6 Å². The van der Waals surface area contributed by atoms with Crippen molar-refractivity contribution in [2.75, 3.05) is 7.05 Å². The summed E-state index contributed by atoms with van der Waals surface area (Å²) >= 11 is 5.22. The van der Waals surface area contributed by atoms with E-state index in [1.807, 2.05) is 0 Å². The first-order chi connectivity index (χ1) is 12.9. The van der Waals surface area contributed by atoms with E-state index in [0.29, 0.717) is 28.6 Å². The van der Waals surface area contributed by atoms with Gasteiger partial charge in [0.1, 0.15) is 5.82 Å². The van der Waals surface area contributed by atoms with Crippen molar-refractivity contribution in [3.63, 3.8) is 0 Å². The number of rotatable bonds is 5. The van der Waals surface area contributed by atoms with Crippen LogP contribution in [0, 0.1) is 10.6 Å². The van der Waals surface area contributed by atoms with Gasteiger partial charge in [-0.2, -0.15) is 0 Å². The molecule has 0 radical (unpaired) electrons. The second-order valence-corrected chi connectivity index (χ2v) is 6.57. The average molecular weight is 383 g/mol. The number of carbonyl (C=O) groups is 1. The van der Waals surface area contributed by atoms with Crippen molar-refractivity contribution >= 4 is 29.0 Å². The summed E-state index contributed by atoms with van der Waals surface area (Å²) in [6, 6.07) is 10.9. The van der Waals surface area contributed by atoms with Crippen LogP contribution in [0.1, 0.15) is 15.9 Å². The summed E-state index contributed by atoms with van der Waals surface area (Å²) in [4.78, 5) is 29.7. The maximum absolute atomic E-state index is 13.3. The Balaban J connectivity index is 1.93. The predicted molar refractivity (Wildman–Crippen MR) is 106 cm³/mol. The van der Waals surface area contributed by atoms with Gasteiger partial charge < -0.3 is 9.88 Å². The fourth-order valence-electron chi connectivity index (χ4n) is 2.88. The third-order valence-corrected chi connectivity index (χ3v) is 4.52. The highest BCUT2D eigenvalue weighted by atomic mass is 32.1. The molecule has 0 spiro atoms. The van der Waals surface area contributed by atoms with Crippen molar-refractivity contribution in [2.45, 2.75) is 13.1 Å². The number of nitrogens with zero attached hydrogens (tertiary/aromatic N) is 2. The van der Waals surface area contributed by atoms with Crippen LogP contribution in [-0.2, 0) is 13.1 Å². The summed E-state index contributed by atoms with van der Waals surface area (Å²) in [6.45, 7) is 4.20. The molecule has 3 rings (SSSR count). The number of halogens is 1. The zero-order chi connectivity index (χ0) is 19.6. The molecule has 1 heterocycles. The van der Waals surface area contributed by atoms with Crippen LogP contribution in [0.25, 0.3) is 10.9 Å². The van der Waals surface area contributed by atoms with Gasteiger partial charge in [0.25, 0.3) is 11.5 Å². The van der Waals surface area contributed by atoms with Crippen molar-refractivity contribution < 1.29 is 9.18 Å². The van der Waals surface area contributed by atoms with Gasteiger partial charge in [-0.3, -0.25) is 14.2 Å². The molecule has 0 saturated carbocycles. The molecule has 0 saturated heterocycles. The third kappa shape index (κ3) is 3.88. The summed E-state index contributed by atoms with van der Waals surface area (Å²) in [6.07, 6.45) is 1.59. The van der Waals surface area contributed by atoms with Gasteiger partial charge >= 0.3 is 0 Å². The number of hydrogen-bond donors (Lipinski definition) is 1. The molecule has 3 aromatic rings. The molecule has 138 valence electrons. The molecule has 1 amide bonds. The van der Waals surface area contributed by atoms with E-state index in [0.717, 1.165) is 0 Å². The molecule has 0 aliphatic rings. The van der Waals surface area contributed by atoms with Gasteiger partial charge in [0.2, 0.25) is 0 Å². The Kier molecular flexibility index (Phi) is 5.32. The lowest BCUT2D eigenvalue weighted by molar-refractivity contribution is 0.0785. The molecule has 0 bridgehead atoms. The Labute approximate surface area is 160 Å². The van der Waals surface area contributed by atoms with Gasteiger partial charge in [-0.05, 0) is 48.1 Å². The normalized spacial score (nSPS) is 10.7. The van der Waals surface area contributed by atoms with E-state index in [9.17, 15) is 14.0 Å². The standard InChI is InChI=1S/C20H18FN3O2S/c1-3-9-24-19(26)16-8-7-14(11-17(16)22-20(24)27)18(25)23(2)12-13-5-4-6-15(21)10-13/h3-8,10-11H,1,9,12H2,2H3,(H,22,27). The minimum atomic E-state index is -0.345. The molecule has 0 fully saturated rings. The third-order valence-electron chi connectivity index (χ3n) is 4.20. The van der Waals surface area contributed by atoms with Crippen molar-refractivity contribution in [2.24, 2.45) is 0 Å². The zero-order valence-corrected chi connectivity index (χ0v) is 15.6. The van der Waals surface area contributed by atoms with Gasteiger partial charge in [0.05, 0.1) is 10.9 Å². The topological polar surface area (TPSA) is 58.1 Å². The minimum Gasteiger partial charge on any atom is -0.337 e. The first kappa shape index (κ1) is 18.7. The van der Waals surface area contributed by atoms with Crippen molar-refractivity contribution in [3.8, 4) is 0 Å². The van der Waals surface area contributed by atoms with Crippen LogP contribution in [0.5, 0.6) is 0 Å². The number of carbonyl (C=O) groups excluding carboxylic acids is 1. The number of benzene rings is 2. The van der Waals surface area contributed by atoms with E-state index >= 15 is 0 Å². The molecule has 7 heteroatoms. The Morgan fingerprint density at radius 1 is 1.33 bits per heavy atom. The number of nitrogens with one attached hydrogen (secondary N) is 1. The Morgan fingerprint density at radius 3 is 2.81 bits per heavy atom. The summed E-state index contributed by atoms with van der Waals surface area (Å²) < 4.78 is 15.0. The highest BCUT2D eigenvalue weighted by Crippen LogP contribution is 2.14. The SMILES string of the molecule is C=CCn1c(=S)[nH]c2cc(C(=O)N(C)Cc3cccc(F)c3)ccc2c1=O. The van der Waals surface area contributed by atoms with Crippen LogP contribution in [0.15, 0.2) is 59.9 Å². The van der Waals surface area contributed by atoms with Crippen LogP contribution in [0.2, 0.25) is 0 Å². The highest BCUT2D eigenvalue weighted by molar-refractivity contribution is 7.71. The number of aromatic nitrogens is 2. The van der Waals surface area contributed by atoms with Crippen molar-refractivity contribution in [1.29, 1.82) is 0 Å². The number of aromatic amines is 1. The predicted octanol–water partition coefficient (Wildman–Crippen LogP) is 3.66. The smallest absolute Gasteiger partial charge is 0.262 e. The van der Waals surface area contributed by atoms with E-state index in [-0.39, 0.29) is 28.6 Å². The first-order valence-electron chi connectivity index (χ1n) is 8.28. The zero-order valence-electron chi connectivity index (χ0n) is 14.7. The molecule has 5 nitrogen and oxygen atoms in total. The molecule has 0 aliphatic carbocycles. The number of amides is 1. The average Bonchev–Trinajstić information content (AvgIpc) is 2.64. The van der Waals surface area contributed by atoms with E-state index in [4.69, 9.17) is 12.2 Å². The Morgan fingerprint density at radius 2 is 2.11 bits per heavy atom. The second-order valence-electron chi connectivity index (χ2n) is 6.19. The van der Waals surface area contributed by atoms with E-state index in [1.54, 1.807) is 43.5 Å². The maximum Gasteiger partial charge on any atom is 0.262 e. The monoisotopic (exact) mass is 383 g/mol. The molecular weight excluding hydrogens is 365 g/mol. The van der Waals surface area contributed by atoms with Crippen LogP contribution in [0.3, 0.4) is 0 Å². The van der Waals surface area contributed by atoms with E-state index < -0.39 is 0 Å². The minimum absolute atomic E-state index is 0.235. The van der Waals surface area contributed by atoms with Crippen molar-refractivity contribution in [3.05, 3.63) is 87.2 Å². The van der Waals surface area contributed by atoms with E-state index in [1.165, 1.54) is 21.6 Å². The van der Waals surface area contributed by atoms with Crippen LogP contribution >= 0.6 is 12.2 Å². The second kappa shape index (κ2) is 7.67. The van der Waals surface area contributed by atoms with Crippen LogP contribution in [-0.4, -0.2) is 27.4 Å². The number of allylic oxidation sites excluding steroid dienone is 1. The van der Waals surface area contributed by atoms with Gasteiger partial charge in [0.15, 0.2) is 4.77 Å². The van der Waals surface area contributed by atoms with Gasteiger partial charge in [-0.25, -0.2) is 4.39 Å². The van der Waals surface area contributed by atoms with Crippen LogP contribution in [0.4, 0.5) is 4.39 Å².